The summed E-state index contributed by atoms with van der Waals surface area (Å²) in [6, 6.07) is 7.86. The SMILES string of the molecule is CCOC(=O)N(C)C1CCOc2ccccc21. The van der Waals surface area contributed by atoms with E-state index in [2.05, 4.69) is 0 Å². The van der Waals surface area contributed by atoms with E-state index < -0.39 is 0 Å². The third-order valence-electron chi connectivity index (χ3n) is 2.95. The first kappa shape index (κ1) is 11.8. The number of hydrogen-bond acceptors (Lipinski definition) is 3. The van der Waals surface area contributed by atoms with Gasteiger partial charge in [0, 0.05) is 19.0 Å². The summed E-state index contributed by atoms with van der Waals surface area (Å²) in [5.41, 5.74) is 1.05. The minimum absolute atomic E-state index is 0.0407. The van der Waals surface area contributed by atoms with Gasteiger partial charge in [0.15, 0.2) is 0 Å². The zero-order chi connectivity index (χ0) is 12.3. The lowest BCUT2D eigenvalue weighted by atomic mass is 10.00. The van der Waals surface area contributed by atoms with Crippen LogP contribution in [0.5, 0.6) is 5.75 Å². The second-order valence-corrected chi connectivity index (χ2v) is 4.00. The largest absolute Gasteiger partial charge is 0.493 e. The Morgan fingerprint density at radius 3 is 3.06 bits per heavy atom. The van der Waals surface area contributed by atoms with Crippen LogP contribution >= 0.6 is 0 Å². The maximum atomic E-state index is 11.7. The van der Waals surface area contributed by atoms with E-state index in [1.807, 2.05) is 31.2 Å². The lowest BCUT2D eigenvalue weighted by molar-refractivity contribution is 0.0905. The van der Waals surface area contributed by atoms with Crippen molar-refractivity contribution in [1.29, 1.82) is 0 Å². The summed E-state index contributed by atoms with van der Waals surface area (Å²) in [6.07, 6.45) is 0.515. The molecule has 1 heterocycles. The van der Waals surface area contributed by atoms with Crippen LogP contribution in [0.4, 0.5) is 4.79 Å². The third kappa shape index (κ3) is 2.35. The quantitative estimate of drug-likeness (QED) is 0.791. The molecule has 92 valence electrons. The number of para-hydroxylation sites is 1. The number of fused-ring (bicyclic) bond motifs is 1. The Hall–Kier alpha value is -1.71. The highest BCUT2D eigenvalue weighted by atomic mass is 16.6. The molecule has 0 saturated carbocycles. The Labute approximate surface area is 101 Å². The van der Waals surface area contributed by atoms with Crippen LogP contribution in [0.1, 0.15) is 24.9 Å². The van der Waals surface area contributed by atoms with Gasteiger partial charge in [0.05, 0.1) is 19.3 Å². The van der Waals surface area contributed by atoms with Gasteiger partial charge in [-0.15, -0.1) is 0 Å². The first-order chi connectivity index (χ1) is 8.24. The van der Waals surface area contributed by atoms with Gasteiger partial charge in [0.25, 0.3) is 0 Å². The topological polar surface area (TPSA) is 38.8 Å². The summed E-state index contributed by atoms with van der Waals surface area (Å²) in [5.74, 6) is 0.861. The van der Waals surface area contributed by atoms with Crippen molar-refractivity contribution < 1.29 is 14.3 Å². The molecule has 2 rings (SSSR count). The van der Waals surface area contributed by atoms with E-state index >= 15 is 0 Å². The van der Waals surface area contributed by atoms with Crippen molar-refractivity contribution in [3.63, 3.8) is 0 Å². The zero-order valence-electron chi connectivity index (χ0n) is 10.2. The van der Waals surface area contributed by atoms with Crippen LogP contribution in [0.25, 0.3) is 0 Å². The number of carbonyl (C=O) groups is 1. The number of hydrogen-bond donors (Lipinski definition) is 0. The molecular formula is C13H17NO3. The number of rotatable bonds is 2. The lowest BCUT2D eigenvalue weighted by Gasteiger charge is -2.32. The third-order valence-corrected chi connectivity index (χ3v) is 2.95. The maximum Gasteiger partial charge on any atom is 0.410 e. The Morgan fingerprint density at radius 1 is 1.53 bits per heavy atom. The molecule has 0 N–H and O–H groups in total. The van der Waals surface area contributed by atoms with Crippen molar-refractivity contribution in [2.45, 2.75) is 19.4 Å². The second-order valence-electron chi connectivity index (χ2n) is 4.00. The minimum atomic E-state index is -0.283. The minimum Gasteiger partial charge on any atom is -0.493 e. The van der Waals surface area contributed by atoms with Crippen LogP contribution < -0.4 is 4.74 Å². The second kappa shape index (κ2) is 5.08. The molecular weight excluding hydrogens is 218 g/mol. The predicted molar refractivity (Wildman–Crippen MR) is 64.1 cm³/mol. The number of benzene rings is 1. The van der Waals surface area contributed by atoms with Crippen LogP contribution in [-0.4, -0.2) is 31.3 Å². The summed E-state index contributed by atoms with van der Waals surface area (Å²) < 4.78 is 10.6. The average molecular weight is 235 g/mol. The molecule has 0 radical (unpaired) electrons. The van der Waals surface area contributed by atoms with Crippen molar-refractivity contribution in [2.24, 2.45) is 0 Å². The van der Waals surface area contributed by atoms with Crippen molar-refractivity contribution in [1.82, 2.24) is 4.90 Å². The van der Waals surface area contributed by atoms with Crippen molar-refractivity contribution in [3.05, 3.63) is 29.8 Å². The Bertz CT molecular complexity index is 405. The Morgan fingerprint density at radius 2 is 2.29 bits per heavy atom. The van der Waals surface area contributed by atoms with E-state index in [1.54, 1.807) is 11.9 Å². The predicted octanol–water partition coefficient (Wildman–Crippen LogP) is 2.60. The smallest absolute Gasteiger partial charge is 0.410 e. The molecule has 0 fully saturated rings. The van der Waals surface area contributed by atoms with Gasteiger partial charge in [-0.1, -0.05) is 18.2 Å². The van der Waals surface area contributed by atoms with Gasteiger partial charge in [0.1, 0.15) is 5.75 Å². The van der Waals surface area contributed by atoms with Gasteiger partial charge in [-0.3, -0.25) is 0 Å². The molecule has 17 heavy (non-hydrogen) atoms. The van der Waals surface area contributed by atoms with E-state index in [0.717, 1.165) is 17.7 Å². The van der Waals surface area contributed by atoms with E-state index in [-0.39, 0.29) is 12.1 Å². The van der Waals surface area contributed by atoms with Gasteiger partial charge in [-0.25, -0.2) is 4.79 Å². The van der Waals surface area contributed by atoms with E-state index in [0.29, 0.717) is 13.2 Å². The fourth-order valence-electron chi connectivity index (χ4n) is 2.08. The molecule has 0 bridgehead atoms. The fraction of sp³-hybridized carbons (Fsp3) is 0.462. The maximum absolute atomic E-state index is 11.7. The number of carbonyl (C=O) groups excluding carboxylic acids is 1. The Balaban J connectivity index is 2.20. The molecule has 4 heteroatoms. The highest BCUT2D eigenvalue weighted by Gasteiger charge is 2.28. The molecule has 1 aromatic carbocycles. The molecule has 1 aliphatic heterocycles. The van der Waals surface area contributed by atoms with Gasteiger partial charge in [-0.2, -0.15) is 0 Å². The standard InChI is InChI=1S/C13H17NO3/c1-3-16-13(15)14(2)11-8-9-17-12-7-5-4-6-10(11)12/h4-7,11H,3,8-9H2,1-2H3. The molecule has 1 aromatic rings. The summed E-state index contributed by atoms with van der Waals surface area (Å²) in [7, 11) is 1.77. The summed E-state index contributed by atoms with van der Waals surface area (Å²) in [4.78, 5) is 13.4. The van der Waals surface area contributed by atoms with E-state index in [9.17, 15) is 4.79 Å². The lowest BCUT2D eigenvalue weighted by Crippen LogP contribution is -2.34. The first-order valence-electron chi connectivity index (χ1n) is 5.85. The fourth-order valence-corrected chi connectivity index (χ4v) is 2.08. The molecule has 1 unspecified atom stereocenters. The molecule has 1 aliphatic rings. The monoisotopic (exact) mass is 235 g/mol. The van der Waals surface area contributed by atoms with Crippen LogP contribution in [-0.2, 0) is 4.74 Å². The highest BCUT2D eigenvalue weighted by Crippen LogP contribution is 2.35. The molecule has 0 saturated heterocycles. The molecule has 0 spiro atoms. The molecule has 0 aliphatic carbocycles. The van der Waals surface area contributed by atoms with Gasteiger partial charge in [0.2, 0.25) is 0 Å². The van der Waals surface area contributed by atoms with Gasteiger partial charge < -0.3 is 14.4 Å². The Kier molecular flexibility index (Phi) is 3.52. The van der Waals surface area contributed by atoms with Gasteiger partial charge in [-0.05, 0) is 13.0 Å². The summed E-state index contributed by atoms with van der Waals surface area (Å²) >= 11 is 0. The highest BCUT2D eigenvalue weighted by molar-refractivity contribution is 5.68. The average Bonchev–Trinajstić information content (AvgIpc) is 2.37. The first-order valence-corrected chi connectivity index (χ1v) is 5.85. The molecule has 1 amide bonds. The molecule has 0 aromatic heterocycles. The normalized spacial score (nSPS) is 17.9. The van der Waals surface area contributed by atoms with E-state index in [4.69, 9.17) is 9.47 Å². The molecule has 1 atom stereocenters. The summed E-state index contributed by atoms with van der Waals surface area (Å²) in [5, 5.41) is 0. The number of nitrogens with zero attached hydrogens (tertiary/aromatic N) is 1. The summed E-state index contributed by atoms with van der Waals surface area (Å²) in [6.45, 7) is 2.84. The van der Waals surface area contributed by atoms with Gasteiger partial charge >= 0.3 is 6.09 Å². The van der Waals surface area contributed by atoms with Crippen LogP contribution in [0.15, 0.2) is 24.3 Å². The van der Waals surface area contributed by atoms with Crippen LogP contribution in [0.3, 0.4) is 0 Å². The number of ether oxygens (including phenoxy) is 2. The van der Waals surface area contributed by atoms with Crippen molar-refractivity contribution in [3.8, 4) is 5.75 Å². The van der Waals surface area contributed by atoms with Crippen LogP contribution in [0, 0.1) is 0 Å². The zero-order valence-corrected chi connectivity index (χ0v) is 10.2. The van der Waals surface area contributed by atoms with Crippen molar-refractivity contribution in [2.75, 3.05) is 20.3 Å². The van der Waals surface area contributed by atoms with Crippen LogP contribution in [0.2, 0.25) is 0 Å². The van der Waals surface area contributed by atoms with Crippen molar-refractivity contribution >= 4 is 6.09 Å². The van der Waals surface area contributed by atoms with E-state index in [1.165, 1.54) is 0 Å². The molecule has 4 nitrogen and oxygen atoms in total. The number of amides is 1.